The summed E-state index contributed by atoms with van der Waals surface area (Å²) in [5, 5.41) is 0.741. The van der Waals surface area contributed by atoms with Gasteiger partial charge in [-0.25, -0.2) is 0 Å². The fourth-order valence-electron chi connectivity index (χ4n) is 2.22. The van der Waals surface area contributed by atoms with Gasteiger partial charge < -0.3 is 14.4 Å². The summed E-state index contributed by atoms with van der Waals surface area (Å²) in [6, 6.07) is 7.76. The van der Waals surface area contributed by atoms with Crippen LogP contribution in [0.3, 0.4) is 0 Å². The molecule has 0 N–H and O–H groups in total. The van der Waals surface area contributed by atoms with Gasteiger partial charge in [0.25, 0.3) is 0 Å². The van der Waals surface area contributed by atoms with Gasteiger partial charge in [-0.15, -0.1) is 0 Å². The van der Waals surface area contributed by atoms with Gasteiger partial charge in [-0.2, -0.15) is 0 Å². The Morgan fingerprint density at radius 3 is 3.05 bits per heavy atom. The number of ether oxygens (including phenoxy) is 2. The van der Waals surface area contributed by atoms with E-state index in [1.54, 1.807) is 7.11 Å². The normalized spacial score (nSPS) is 19.3. The highest BCUT2D eigenvalue weighted by Gasteiger charge is 2.26. The van der Waals surface area contributed by atoms with E-state index in [0.29, 0.717) is 26.2 Å². The first-order chi connectivity index (χ1) is 9.26. The van der Waals surface area contributed by atoms with Crippen molar-refractivity contribution in [3.05, 3.63) is 29.8 Å². The summed E-state index contributed by atoms with van der Waals surface area (Å²) in [4.78, 5) is 14.3. The molecule has 19 heavy (non-hydrogen) atoms. The molecule has 1 aliphatic rings. The van der Waals surface area contributed by atoms with Gasteiger partial charge >= 0.3 is 0 Å². The molecule has 0 bridgehead atoms. The van der Waals surface area contributed by atoms with Crippen LogP contribution in [0.15, 0.2) is 24.3 Å². The van der Waals surface area contributed by atoms with E-state index < -0.39 is 0 Å². The van der Waals surface area contributed by atoms with E-state index in [0.717, 1.165) is 16.6 Å². The molecule has 4 nitrogen and oxygen atoms in total. The van der Waals surface area contributed by atoms with E-state index >= 15 is 0 Å². The van der Waals surface area contributed by atoms with Crippen molar-refractivity contribution in [3.63, 3.8) is 0 Å². The molecule has 1 heterocycles. The molecule has 1 aromatic rings. The van der Waals surface area contributed by atoms with Gasteiger partial charge in [0, 0.05) is 17.4 Å². The highest BCUT2D eigenvalue weighted by atomic mass is 79.9. The van der Waals surface area contributed by atoms with E-state index in [-0.39, 0.29) is 11.9 Å². The number of nitrogens with zero attached hydrogens (tertiary/aromatic N) is 1. The van der Waals surface area contributed by atoms with Crippen molar-refractivity contribution in [2.45, 2.75) is 12.5 Å². The minimum absolute atomic E-state index is 0.121. The SMILES string of the molecule is COc1ccccc1CC(=O)N1CCOCC1CBr. The first-order valence-corrected chi connectivity index (χ1v) is 7.43. The lowest BCUT2D eigenvalue weighted by Gasteiger charge is -2.34. The van der Waals surface area contributed by atoms with Crippen LogP contribution in [0.5, 0.6) is 5.75 Å². The van der Waals surface area contributed by atoms with Crippen molar-refractivity contribution >= 4 is 21.8 Å². The number of amides is 1. The van der Waals surface area contributed by atoms with Crippen molar-refractivity contribution < 1.29 is 14.3 Å². The summed E-state index contributed by atoms with van der Waals surface area (Å²) in [6.45, 7) is 1.87. The molecule has 2 rings (SSSR count). The van der Waals surface area contributed by atoms with Crippen LogP contribution in [-0.4, -0.2) is 49.0 Å². The van der Waals surface area contributed by atoms with Gasteiger partial charge in [-0.3, -0.25) is 4.79 Å². The lowest BCUT2D eigenvalue weighted by molar-refractivity contribution is -0.138. The van der Waals surface area contributed by atoms with Gasteiger partial charge in [0.05, 0.1) is 32.8 Å². The van der Waals surface area contributed by atoms with Crippen molar-refractivity contribution in [1.29, 1.82) is 0 Å². The third kappa shape index (κ3) is 3.48. The summed E-state index contributed by atoms with van der Waals surface area (Å²) in [5.41, 5.74) is 0.926. The van der Waals surface area contributed by atoms with Gasteiger partial charge in [0.2, 0.25) is 5.91 Å². The maximum Gasteiger partial charge on any atom is 0.227 e. The average molecular weight is 328 g/mol. The molecule has 1 atom stereocenters. The molecule has 0 aliphatic carbocycles. The van der Waals surface area contributed by atoms with E-state index in [1.165, 1.54) is 0 Å². The number of rotatable bonds is 4. The molecule has 1 aromatic carbocycles. The first-order valence-electron chi connectivity index (χ1n) is 6.31. The Bertz CT molecular complexity index is 438. The number of hydrogen-bond donors (Lipinski definition) is 0. The molecule has 1 unspecified atom stereocenters. The third-order valence-corrected chi connectivity index (χ3v) is 4.01. The minimum Gasteiger partial charge on any atom is -0.496 e. The Morgan fingerprint density at radius 2 is 2.32 bits per heavy atom. The topological polar surface area (TPSA) is 38.8 Å². The number of alkyl halides is 1. The fourth-order valence-corrected chi connectivity index (χ4v) is 2.76. The Labute approximate surface area is 121 Å². The second-order valence-corrected chi connectivity index (χ2v) is 5.11. The Morgan fingerprint density at radius 1 is 1.53 bits per heavy atom. The number of carbonyl (C=O) groups is 1. The van der Waals surface area contributed by atoms with Crippen LogP contribution in [-0.2, 0) is 16.0 Å². The second kappa shape index (κ2) is 6.91. The summed E-state index contributed by atoms with van der Waals surface area (Å²) in [5.74, 6) is 0.886. The fraction of sp³-hybridized carbons (Fsp3) is 0.500. The second-order valence-electron chi connectivity index (χ2n) is 4.46. The quantitative estimate of drug-likeness (QED) is 0.792. The van der Waals surface area contributed by atoms with Crippen molar-refractivity contribution in [3.8, 4) is 5.75 Å². The predicted octanol–water partition coefficient (Wildman–Crippen LogP) is 1.86. The third-order valence-electron chi connectivity index (χ3n) is 3.26. The number of para-hydroxylation sites is 1. The molecule has 1 saturated heterocycles. The lowest BCUT2D eigenvalue weighted by atomic mass is 10.1. The number of methoxy groups -OCH3 is 1. The Kier molecular flexibility index (Phi) is 5.22. The highest BCUT2D eigenvalue weighted by molar-refractivity contribution is 9.09. The van der Waals surface area contributed by atoms with E-state index in [9.17, 15) is 4.79 Å². The number of hydrogen-bond acceptors (Lipinski definition) is 3. The monoisotopic (exact) mass is 327 g/mol. The molecular weight excluding hydrogens is 310 g/mol. The van der Waals surface area contributed by atoms with Crippen LogP contribution in [0.25, 0.3) is 0 Å². The smallest absolute Gasteiger partial charge is 0.227 e. The van der Waals surface area contributed by atoms with Crippen LogP contribution >= 0.6 is 15.9 Å². The van der Waals surface area contributed by atoms with Crippen LogP contribution in [0.1, 0.15) is 5.56 Å². The van der Waals surface area contributed by atoms with E-state index in [4.69, 9.17) is 9.47 Å². The Hall–Kier alpha value is -1.07. The zero-order valence-corrected chi connectivity index (χ0v) is 12.6. The zero-order chi connectivity index (χ0) is 13.7. The van der Waals surface area contributed by atoms with Crippen molar-refractivity contribution in [2.24, 2.45) is 0 Å². The molecular formula is C14H18BrNO3. The zero-order valence-electron chi connectivity index (χ0n) is 11.0. The largest absolute Gasteiger partial charge is 0.496 e. The average Bonchev–Trinajstić information content (AvgIpc) is 2.47. The van der Waals surface area contributed by atoms with Crippen molar-refractivity contribution in [1.82, 2.24) is 4.90 Å². The Balaban J connectivity index is 2.07. The van der Waals surface area contributed by atoms with Crippen LogP contribution < -0.4 is 4.74 Å². The number of benzene rings is 1. The van der Waals surface area contributed by atoms with Crippen LogP contribution in [0.2, 0.25) is 0 Å². The van der Waals surface area contributed by atoms with Gasteiger partial charge in [0.1, 0.15) is 5.75 Å². The maximum absolute atomic E-state index is 12.4. The molecule has 0 aromatic heterocycles. The van der Waals surface area contributed by atoms with Crippen LogP contribution in [0, 0.1) is 0 Å². The predicted molar refractivity (Wildman–Crippen MR) is 76.8 cm³/mol. The molecule has 1 aliphatic heterocycles. The molecule has 1 amide bonds. The van der Waals surface area contributed by atoms with Gasteiger partial charge in [-0.1, -0.05) is 34.1 Å². The summed E-state index contributed by atoms with van der Waals surface area (Å²) in [7, 11) is 1.62. The van der Waals surface area contributed by atoms with Crippen molar-refractivity contribution in [2.75, 3.05) is 32.2 Å². The summed E-state index contributed by atoms with van der Waals surface area (Å²) >= 11 is 3.43. The standard InChI is InChI=1S/C14H18BrNO3/c1-18-13-5-3-2-4-11(13)8-14(17)16-6-7-19-10-12(16)9-15/h2-5,12H,6-10H2,1H3. The first kappa shape index (κ1) is 14.3. The lowest BCUT2D eigenvalue weighted by Crippen LogP contribution is -2.50. The summed E-state index contributed by atoms with van der Waals surface area (Å²) < 4.78 is 10.7. The number of halogens is 1. The molecule has 0 radical (unpaired) electrons. The molecule has 104 valence electrons. The molecule has 0 spiro atoms. The van der Waals surface area contributed by atoms with Gasteiger partial charge in [-0.05, 0) is 6.07 Å². The van der Waals surface area contributed by atoms with Crippen LogP contribution in [0.4, 0.5) is 0 Å². The minimum atomic E-state index is 0.121. The maximum atomic E-state index is 12.4. The molecule has 0 saturated carbocycles. The number of morpholine rings is 1. The van der Waals surface area contributed by atoms with E-state index in [2.05, 4.69) is 15.9 Å². The number of carbonyl (C=O) groups excluding carboxylic acids is 1. The highest BCUT2D eigenvalue weighted by Crippen LogP contribution is 2.20. The molecule has 1 fully saturated rings. The van der Waals surface area contributed by atoms with Gasteiger partial charge in [0.15, 0.2) is 0 Å². The van der Waals surface area contributed by atoms with E-state index in [1.807, 2.05) is 29.2 Å². The molecule has 5 heteroatoms. The summed E-state index contributed by atoms with van der Waals surface area (Å²) in [6.07, 6.45) is 0.369.